The summed E-state index contributed by atoms with van der Waals surface area (Å²) in [6, 6.07) is 16.6. The lowest BCUT2D eigenvalue weighted by Gasteiger charge is -2.27. The zero-order valence-corrected chi connectivity index (χ0v) is 22.6. The van der Waals surface area contributed by atoms with Crippen LogP contribution >= 0.6 is 0 Å². The van der Waals surface area contributed by atoms with E-state index in [1.807, 2.05) is 38.1 Å². The van der Waals surface area contributed by atoms with E-state index in [1.54, 1.807) is 0 Å². The molecule has 7 rings (SSSR count). The Balaban J connectivity index is 1.01. The fourth-order valence-electron chi connectivity index (χ4n) is 6.99. The second-order valence-corrected chi connectivity index (χ2v) is 11.8. The molecule has 4 atom stereocenters. The Morgan fingerprint density at radius 2 is 1.67 bits per heavy atom. The van der Waals surface area contributed by atoms with Crippen LogP contribution in [0, 0.1) is 5.92 Å². The molecule has 1 N–H and O–H groups in total. The van der Waals surface area contributed by atoms with Gasteiger partial charge in [-0.3, -0.25) is 0 Å². The maximum atomic E-state index is 12.9. The third kappa shape index (κ3) is 4.42. The van der Waals surface area contributed by atoms with Gasteiger partial charge in [-0.15, -0.1) is 0 Å². The highest BCUT2D eigenvalue weighted by Gasteiger charge is 2.65. The predicted octanol–water partition coefficient (Wildman–Crippen LogP) is 5.15. The van der Waals surface area contributed by atoms with Crippen LogP contribution in [0.25, 0.3) is 11.1 Å². The van der Waals surface area contributed by atoms with E-state index in [1.165, 1.54) is 41.5 Å². The molecule has 1 saturated carbocycles. The number of carbonyl (C=O) groups excluding carboxylic acids is 1. The molecule has 0 radical (unpaired) electrons. The van der Waals surface area contributed by atoms with Crippen molar-refractivity contribution in [1.82, 2.24) is 5.32 Å². The van der Waals surface area contributed by atoms with E-state index in [0.29, 0.717) is 12.5 Å². The summed E-state index contributed by atoms with van der Waals surface area (Å²) < 4.78 is 30.9. The van der Waals surface area contributed by atoms with Gasteiger partial charge in [0.15, 0.2) is 11.7 Å². The molecule has 39 heavy (non-hydrogen) atoms. The Labute approximate surface area is 229 Å². The van der Waals surface area contributed by atoms with Crippen LogP contribution < -0.4 is 5.32 Å². The van der Waals surface area contributed by atoms with Crippen LogP contribution in [0.5, 0.6) is 0 Å². The number of benzene rings is 2. The normalized spacial score (nSPS) is 30.9. The molecule has 4 unspecified atom stereocenters. The average Bonchev–Trinajstić information content (AvgIpc) is 3.68. The number of amides is 1. The van der Waals surface area contributed by atoms with Crippen LogP contribution in [0.3, 0.4) is 0 Å². The first kappa shape index (κ1) is 25.1. The molecular formula is C31H36N2O6. The van der Waals surface area contributed by atoms with Crippen molar-refractivity contribution >= 4 is 12.0 Å². The highest BCUT2D eigenvalue weighted by Crippen LogP contribution is 2.48. The van der Waals surface area contributed by atoms with Gasteiger partial charge in [0, 0.05) is 18.4 Å². The summed E-state index contributed by atoms with van der Waals surface area (Å²) in [4.78, 5) is 17.8. The summed E-state index contributed by atoms with van der Waals surface area (Å²) in [5.41, 5.74) is 3.82. The predicted molar refractivity (Wildman–Crippen MR) is 144 cm³/mol. The minimum atomic E-state index is -0.946. The van der Waals surface area contributed by atoms with Crippen molar-refractivity contribution < 1.29 is 28.5 Å². The Morgan fingerprint density at radius 1 is 0.974 bits per heavy atom. The van der Waals surface area contributed by atoms with Gasteiger partial charge < -0.3 is 29.0 Å². The number of carbonyl (C=O) groups is 1. The molecule has 3 fully saturated rings. The Kier molecular flexibility index (Phi) is 6.17. The van der Waals surface area contributed by atoms with E-state index in [9.17, 15) is 4.79 Å². The zero-order chi connectivity index (χ0) is 26.6. The number of hydrogen-bond acceptors (Lipinski definition) is 7. The van der Waals surface area contributed by atoms with Gasteiger partial charge in [0.05, 0.1) is 0 Å². The summed E-state index contributed by atoms with van der Waals surface area (Å²) >= 11 is 0. The highest BCUT2D eigenvalue weighted by atomic mass is 16.8. The molecular weight excluding hydrogens is 496 g/mol. The van der Waals surface area contributed by atoms with Gasteiger partial charge in [-0.2, -0.15) is 0 Å². The number of ether oxygens (including phenoxy) is 5. The number of rotatable bonds is 5. The number of fused-ring (bicyclic) bond motifs is 5. The second kappa shape index (κ2) is 9.61. The van der Waals surface area contributed by atoms with Crippen LogP contribution in [0.15, 0.2) is 53.5 Å². The minimum absolute atomic E-state index is 0.00841. The fourth-order valence-corrected chi connectivity index (χ4v) is 6.99. The van der Waals surface area contributed by atoms with Crippen LogP contribution in [-0.2, 0) is 23.7 Å². The van der Waals surface area contributed by atoms with Gasteiger partial charge in [-0.25, -0.2) is 9.79 Å². The zero-order valence-electron chi connectivity index (χ0n) is 22.6. The standard InChI is InChI=1S/C31H36N2O6/c1-30(2)38-26-25(37-31(27(26)39-30)18-36-28(33-31)19-10-4-3-5-11-19)16-32-29(34)35-17-24-22-14-8-6-12-20(22)21-13-7-9-15-23(21)24/h6-9,12-15,19,24-27H,3-5,10-11,16-18H2,1-2H3,(H,32,34). The van der Waals surface area contributed by atoms with Crippen molar-refractivity contribution in [3.63, 3.8) is 0 Å². The summed E-state index contributed by atoms with van der Waals surface area (Å²) in [6.45, 7) is 4.60. The van der Waals surface area contributed by atoms with Crippen molar-refractivity contribution in [2.45, 2.75) is 81.7 Å². The molecule has 206 valence electrons. The molecule has 8 heteroatoms. The molecule has 2 aromatic carbocycles. The van der Waals surface area contributed by atoms with E-state index in [0.717, 1.165) is 18.7 Å². The Morgan fingerprint density at radius 3 is 2.38 bits per heavy atom. The van der Waals surface area contributed by atoms with E-state index in [2.05, 4.69) is 29.6 Å². The third-order valence-electron chi connectivity index (χ3n) is 8.77. The molecule has 0 aromatic heterocycles. The smallest absolute Gasteiger partial charge is 0.407 e. The van der Waals surface area contributed by atoms with E-state index < -0.39 is 29.8 Å². The topological polar surface area (TPSA) is 87.6 Å². The summed E-state index contributed by atoms with van der Waals surface area (Å²) in [7, 11) is 0. The van der Waals surface area contributed by atoms with Gasteiger partial charge in [-0.05, 0) is 48.9 Å². The molecule has 0 bridgehead atoms. The SMILES string of the molecule is CC1(C)OC2C(CNC(=O)OCC3c4ccccc4-c4ccccc43)OC3(COC(C4CCCCC4)=N3)C2O1. The number of hydrogen-bond donors (Lipinski definition) is 1. The molecule has 1 spiro atoms. The van der Waals surface area contributed by atoms with Crippen molar-refractivity contribution in [3.05, 3.63) is 59.7 Å². The van der Waals surface area contributed by atoms with Crippen LogP contribution in [0.4, 0.5) is 4.79 Å². The summed E-state index contributed by atoms with van der Waals surface area (Å²) in [6.07, 6.45) is 4.18. The molecule has 2 saturated heterocycles. The monoisotopic (exact) mass is 532 g/mol. The molecule has 1 amide bonds. The number of nitrogens with one attached hydrogen (secondary N) is 1. The number of nitrogens with zero attached hydrogens (tertiary/aromatic N) is 1. The summed E-state index contributed by atoms with van der Waals surface area (Å²) in [5, 5.41) is 2.91. The molecule has 3 heterocycles. The maximum absolute atomic E-state index is 12.9. The quantitative estimate of drug-likeness (QED) is 0.573. The first-order chi connectivity index (χ1) is 18.9. The first-order valence-corrected chi connectivity index (χ1v) is 14.3. The molecule has 3 aliphatic heterocycles. The Bertz CT molecular complexity index is 1240. The third-order valence-corrected chi connectivity index (χ3v) is 8.77. The van der Waals surface area contributed by atoms with Gasteiger partial charge in [0.25, 0.3) is 0 Å². The molecule has 5 aliphatic rings. The first-order valence-electron chi connectivity index (χ1n) is 14.3. The van der Waals surface area contributed by atoms with Gasteiger partial charge in [0.2, 0.25) is 5.72 Å². The van der Waals surface area contributed by atoms with Crippen LogP contribution in [0.2, 0.25) is 0 Å². The number of aliphatic imine (C=N–C) groups is 1. The van der Waals surface area contributed by atoms with E-state index >= 15 is 0 Å². The lowest BCUT2D eigenvalue weighted by atomic mass is 9.89. The lowest BCUT2D eigenvalue weighted by Crippen LogP contribution is -2.43. The van der Waals surface area contributed by atoms with Crippen LogP contribution in [-0.4, -0.2) is 61.6 Å². The second-order valence-electron chi connectivity index (χ2n) is 11.8. The van der Waals surface area contributed by atoms with Crippen molar-refractivity contribution in [1.29, 1.82) is 0 Å². The number of alkyl carbamates (subject to hydrolysis) is 1. The van der Waals surface area contributed by atoms with E-state index in [-0.39, 0.29) is 25.2 Å². The largest absolute Gasteiger partial charge is 0.475 e. The Hall–Kier alpha value is -2.94. The van der Waals surface area contributed by atoms with Crippen molar-refractivity contribution in [2.75, 3.05) is 19.8 Å². The highest BCUT2D eigenvalue weighted by molar-refractivity contribution is 5.81. The van der Waals surface area contributed by atoms with E-state index in [4.69, 9.17) is 28.7 Å². The molecule has 8 nitrogen and oxygen atoms in total. The molecule has 2 aromatic rings. The van der Waals surface area contributed by atoms with Gasteiger partial charge in [-0.1, -0.05) is 67.8 Å². The minimum Gasteiger partial charge on any atom is -0.475 e. The van der Waals surface area contributed by atoms with Crippen LogP contribution in [0.1, 0.15) is 63.0 Å². The van der Waals surface area contributed by atoms with Crippen molar-refractivity contribution in [3.8, 4) is 11.1 Å². The maximum Gasteiger partial charge on any atom is 0.407 e. The van der Waals surface area contributed by atoms with Gasteiger partial charge in [0.1, 0.15) is 31.5 Å². The van der Waals surface area contributed by atoms with Crippen molar-refractivity contribution in [2.24, 2.45) is 10.9 Å². The summed E-state index contributed by atoms with van der Waals surface area (Å²) in [5.74, 6) is 0.367. The average molecular weight is 533 g/mol. The lowest BCUT2D eigenvalue weighted by molar-refractivity contribution is -0.208. The molecule has 2 aliphatic carbocycles. The fraction of sp³-hybridized carbons (Fsp3) is 0.548. The van der Waals surface area contributed by atoms with Gasteiger partial charge >= 0.3 is 6.09 Å².